The smallest absolute Gasteiger partial charge is 0.254 e. The Morgan fingerprint density at radius 2 is 1.73 bits per heavy atom. The van der Waals surface area contributed by atoms with Gasteiger partial charge in [-0.25, -0.2) is 4.98 Å². The molecule has 0 radical (unpaired) electrons. The Morgan fingerprint density at radius 1 is 0.865 bits per heavy atom. The second-order valence-electron chi connectivity index (χ2n) is 9.87. The van der Waals surface area contributed by atoms with Crippen LogP contribution in [-0.2, 0) is 11.3 Å². The van der Waals surface area contributed by atoms with Crippen molar-refractivity contribution in [3.8, 4) is 11.4 Å². The summed E-state index contributed by atoms with van der Waals surface area (Å²) in [5.74, 6) is 0.907. The van der Waals surface area contributed by atoms with Crippen molar-refractivity contribution in [2.75, 3.05) is 57.4 Å². The highest BCUT2D eigenvalue weighted by molar-refractivity contribution is 5.97. The van der Waals surface area contributed by atoms with E-state index in [-0.39, 0.29) is 5.91 Å². The van der Waals surface area contributed by atoms with E-state index < -0.39 is 0 Å². The van der Waals surface area contributed by atoms with E-state index in [1.165, 1.54) is 11.3 Å². The van der Waals surface area contributed by atoms with Gasteiger partial charge in [0.05, 0.1) is 17.6 Å². The molecule has 3 aromatic carbocycles. The number of imidazole rings is 1. The van der Waals surface area contributed by atoms with Crippen molar-refractivity contribution in [3.05, 3.63) is 83.9 Å². The summed E-state index contributed by atoms with van der Waals surface area (Å²) in [5, 5.41) is 0. The van der Waals surface area contributed by atoms with Gasteiger partial charge in [0.2, 0.25) is 0 Å². The third-order valence-electron chi connectivity index (χ3n) is 7.34. The number of anilines is 1. The fraction of sp³-hybridized carbons (Fsp3) is 0.333. The van der Waals surface area contributed by atoms with E-state index in [9.17, 15) is 4.79 Å². The largest absolute Gasteiger partial charge is 0.380 e. The first-order chi connectivity index (χ1) is 18.2. The Labute approximate surface area is 217 Å². The Kier molecular flexibility index (Phi) is 6.88. The molecule has 190 valence electrons. The van der Waals surface area contributed by atoms with E-state index in [0.29, 0.717) is 5.56 Å². The maximum Gasteiger partial charge on any atom is 0.254 e. The summed E-state index contributed by atoms with van der Waals surface area (Å²) in [4.78, 5) is 28.2. The van der Waals surface area contributed by atoms with Crippen molar-refractivity contribution < 1.29 is 9.53 Å². The minimum absolute atomic E-state index is 0.0859. The molecule has 4 aromatic rings. The number of hydrogen-bond donors (Lipinski definition) is 1. The van der Waals surface area contributed by atoms with Gasteiger partial charge in [0, 0.05) is 69.2 Å². The molecule has 0 atom stereocenters. The lowest BCUT2D eigenvalue weighted by Gasteiger charge is -2.35. The minimum Gasteiger partial charge on any atom is -0.380 e. The Hall–Kier alpha value is -3.68. The zero-order valence-electron chi connectivity index (χ0n) is 21.1. The molecule has 1 N–H and O–H groups in total. The lowest BCUT2D eigenvalue weighted by Crippen LogP contribution is -2.48. The molecule has 2 aliphatic heterocycles. The zero-order chi connectivity index (χ0) is 25.0. The molecule has 6 rings (SSSR count). The molecule has 3 heterocycles. The fourth-order valence-electron chi connectivity index (χ4n) is 5.28. The number of rotatable bonds is 5. The highest BCUT2D eigenvalue weighted by atomic mass is 16.5. The van der Waals surface area contributed by atoms with Gasteiger partial charge in [-0.1, -0.05) is 42.5 Å². The average Bonchev–Trinajstić information content (AvgIpc) is 3.18. The lowest BCUT2D eigenvalue weighted by atomic mass is 10.1. The van der Waals surface area contributed by atoms with Gasteiger partial charge >= 0.3 is 0 Å². The quantitative estimate of drug-likeness (QED) is 0.444. The number of nitrogens with zero attached hydrogens (tertiary/aromatic N) is 4. The molecule has 7 nitrogen and oxygen atoms in total. The number of aromatic nitrogens is 2. The first-order valence-corrected chi connectivity index (χ1v) is 13.2. The normalized spacial score (nSPS) is 17.2. The molecule has 1 aromatic heterocycles. The second-order valence-corrected chi connectivity index (χ2v) is 9.87. The summed E-state index contributed by atoms with van der Waals surface area (Å²) in [5.41, 5.74) is 6.10. The molecule has 2 aliphatic rings. The standard InChI is InChI=1S/C30H33N5O2/c36-30(25-10-11-27-28(21-25)32-29(31-27)24-7-2-1-3-8-24)35-15-13-33(14-16-35)22-23-6-4-9-26(20-23)34-12-5-18-37-19-17-34/h1-4,6-11,20-21H,5,12-19,22H2,(H,31,32). The SMILES string of the molecule is O=C(c1ccc2nc(-c3ccccc3)[nH]c2c1)N1CCN(Cc2cccc(N3CCCOCC3)c2)CC1. The molecular weight excluding hydrogens is 462 g/mol. The van der Waals surface area contributed by atoms with E-state index in [1.807, 2.05) is 53.4 Å². The van der Waals surface area contributed by atoms with Crippen LogP contribution in [0, 0.1) is 0 Å². The van der Waals surface area contributed by atoms with Crippen LogP contribution in [-0.4, -0.2) is 78.2 Å². The van der Waals surface area contributed by atoms with E-state index in [0.717, 1.165) is 87.9 Å². The number of aromatic amines is 1. The number of piperazine rings is 1. The third-order valence-corrected chi connectivity index (χ3v) is 7.34. The molecule has 0 unspecified atom stereocenters. The van der Waals surface area contributed by atoms with Gasteiger partial charge in [0.25, 0.3) is 5.91 Å². The van der Waals surface area contributed by atoms with Crippen molar-refractivity contribution in [1.29, 1.82) is 0 Å². The maximum atomic E-state index is 13.3. The van der Waals surface area contributed by atoms with Gasteiger partial charge in [-0.05, 0) is 42.3 Å². The van der Waals surface area contributed by atoms with E-state index in [4.69, 9.17) is 4.74 Å². The first-order valence-electron chi connectivity index (χ1n) is 13.2. The molecule has 7 heteroatoms. The van der Waals surface area contributed by atoms with E-state index >= 15 is 0 Å². The molecular formula is C30H33N5O2. The van der Waals surface area contributed by atoms with Crippen LogP contribution in [0.2, 0.25) is 0 Å². The number of fused-ring (bicyclic) bond motifs is 1. The van der Waals surface area contributed by atoms with E-state index in [2.05, 4.69) is 44.0 Å². The molecule has 2 saturated heterocycles. The summed E-state index contributed by atoms with van der Waals surface area (Å²) in [6, 6.07) is 24.7. The molecule has 0 saturated carbocycles. The van der Waals surface area contributed by atoms with Gasteiger partial charge in [-0.15, -0.1) is 0 Å². The topological polar surface area (TPSA) is 64.7 Å². The van der Waals surface area contributed by atoms with Crippen LogP contribution in [0.4, 0.5) is 5.69 Å². The zero-order valence-corrected chi connectivity index (χ0v) is 21.1. The van der Waals surface area contributed by atoms with Crippen LogP contribution in [0.5, 0.6) is 0 Å². The number of benzene rings is 3. The summed E-state index contributed by atoms with van der Waals surface area (Å²) in [7, 11) is 0. The minimum atomic E-state index is 0.0859. The summed E-state index contributed by atoms with van der Waals surface area (Å²) in [6.07, 6.45) is 1.07. The van der Waals surface area contributed by atoms with Gasteiger partial charge in [-0.2, -0.15) is 0 Å². The van der Waals surface area contributed by atoms with Gasteiger partial charge in [0.1, 0.15) is 5.82 Å². The van der Waals surface area contributed by atoms with E-state index in [1.54, 1.807) is 0 Å². The van der Waals surface area contributed by atoms with Gasteiger partial charge in [0.15, 0.2) is 0 Å². The summed E-state index contributed by atoms with van der Waals surface area (Å²) in [6.45, 7) is 7.75. The molecule has 2 fully saturated rings. The summed E-state index contributed by atoms with van der Waals surface area (Å²) >= 11 is 0. The van der Waals surface area contributed by atoms with Crippen LogP contribution in [0.3, 0.4) is 0 Å². The van der Waals surface area contributed by atoms with Crippen molar-refractivity contribution >= 4 is 22.6 Å². The number of amides is 1. The van der Waals surface area contributed by atoms with Crippen LogP contribution >= 0.6 is 0 Å². The number of nitrogens with one attached hydrogen (secondary N) is 1. The Morgan fingerprint density at radius 3 is 2.59 bits per heavy atom. The van der Waals surface area contributed by atoms with Gasteiger partial charge < -0.3 is 19.5 Å². The molecule has 1 amide bonds. The highest BCUT2D eigenvalue weighted by Crippen LogP contribution is 2.23. The monoisotopic (exact) mass is 495 g/mol. The average molecular weight is 496 g/mol. The number of hydrogen-bond acceptors (Lipinski definition) is 5. The molecule has 0 bridgehead atoms. The van der Waals surface area contributed by atoms with Crippen molar-refractivity contribution in [1.82, 2.24) is 19.8 Å². The predicted molar refractivity (Wildman–Crippen MR) is 147 cm³/mol. The number of ether oxygens (including phenoxy) is 1. The maximum absolute atomic E-state index is 13.3. The highest BCUT2D eigenvalue weighted by Gasteiger charge is 2.23. The Balaban J connectivity index is 1.07. The van der Waals surface area contributed by atoms with Gasteiger partial charge in [-0.3, -0.25) is 9.69 Å². The molecule has 0 spiro atoms. The number of carbonyl (C=O) groups excluding carboxylic acids is 1. The first kappa shape index (κ1) is 23.7. The number of H-pyrrole nitrogens is 1. The summed E-state index contributed by atoms with van der Waals surface area (Å²) < 4.78 is 5.61. The van der Waals surface area contributed by atoms with Crippen molar-refractivity contribution in [2.24, 2.45) is 0 Å². The van der Waals surface area contributed by atoms with Crippen LogP contribution in [0.1, 0.15) is 22.3 Å². The van der Waals surface area contributed by atoms with Crippen LogP contribution in [0.15, 0.2) is 72.8 Å². The third kappa shape index (κ3) is 5.38. The van der Waals surface area contributed by atoms with Crippen molar-refractivity contribution in [3.63, 3.8) is 0 Å². The Bertz CT molecular complexity index is 1350. The second kappa shape index (κ2) is 10.7. The predicted octanol–water partition coefficient (Wildman–Crippen LogP) is 4.41. The van der Waals surface area contributed by atoms with Crippen LogP contribution < -0.4 is 4.90 Å². The molecule has 0 aliphatic carbocycles. The number of carbonyl (C=O) groups is 1. The fourth-order valence-corrected chi connectivity index (χ4v) is 5.28. The van der Waals surface area contributed by atoms with Crippen molar-refractivity contribution in [2.45, 2.75) is 13.0 Å². The molecule has 37 heavy (non-hydrogen) atoms. The lowest BCUT2D eigenvalue weighted by molar-refractivity contribution is 0.0628. The van der Waals surface area contributed by atoms with Crippen LogP contribution in [0.25, 0.3) is 22.4 Å².